The number of aliphatic hydroxyl groups excluding tert-OH is 1. The lowest BCUT2D eigenvalue weighted by atomic mass is 10.2. The van der Waals surface area contributed by atoms with Crippen molar-refractivity contribution in [1.29, 1.82) is 0 Å². The number of hydrogen-bond donors (Lipinski definition) is 1. The first kappa shape index (κ1) is 22.0. The molecule has 17 heavy (non-hydrogen) atoms. The average molecular weight is 266 g/mol. The maximum Gasteiger partial charge on any atom is 0.293 e. The molecule has 0 aromatic rings. The number of ether oxygens (including phenoxy) is 1. The lowest BCUT2D eigenvalue weighted by molar-refractivity contribution is -0.138. The summed E-state index contributed by atoms with van der Waals surface area (Å²) in [5.74, 6) is 2.72. The van der Waals surface area contributed by atoms with Crippen molar-refractivity contribution in [2.45, 2.75) is 54.1 Å². The van der Waals surface area contributed by atoms with Crippen LogP contribution in [0.1, 0.15) is 48.5 Å². The molecule has 1 unspecified atom stereocenters. The van der Waals surface area contributed by atoms with Gasteiger partial charge in [-0.1, -0.05) is 27.7 Å². The minimum atomic E-state index is -0.318. The van der Waals surface area contributed by atoms with Crippen molar-refractivity contribution in [2.75, 3.05) is 18.1 Å². The quantitative estimate of drug-likeness (QED) is 0.775. The van der Waals surface area contributed by atoms with Gasteiger partial charge in [-0.3, -0.25) is 4.79 Å². The fraction of sp³-hybridized carbons (Fsp3) is 0.923. The summed E-state index contributed by atoms with van der Waals surface area (Å²) in [5, 5.41) is 8.55. The van der Waals surface area contributed by atoms with Gasteiger partial charge in [-0.25, -0.2) is 0 Å². The first-order chi connectivity index (χ1) is 7.87. The second-order valence-electron chi connectivity index (χ2n) is 4.27. The molecule has 0 aromatic carbocycles. The number of thioether (sulfide) groups is 1. The van der Waals surface area contributed by atoms with E-state index in [0.29, 0.717) is 19.0 Å². The summed E-state index contributed by atoms with van der Waals surface area (Å²) in [7, 11) is 0. The van der Waals surface area contributed by atoms with Crippen molar-refractivity contribution < 1.29 is 14.6 Å². The third kappa shape index (κ3) is 31.3. The second kappa shape index (κ2) is 15.8. The van der Waals surface area contributed by atoms with E-state index in [4.69, 9.17) is 5.11 Å². The van der Waals surface area contributed by atoms with Gasteiger partial charge in [0.25, 0.3) is 6.47 Å². The fourth-order valence-electron chi connectivity index (χ4n) is 0.516. The van der Waals surface area contributed by atoms with Gasteiger partial charge >= 0.3 is 0 Å². The van der Waals surface area contributed by atoms with Crippen LogP contribution in [0.3, 0.4) is 0 Å². The van der Waals surface area contributed by atoms with Crippen LogP contribution in [0, 0.1) is 5.92 Å². The average Bonchev–Trinajstić information content (AvgIpc) is 2.28. The highest BCUT2D eigenvalue weighted by Crippen LogP contribution is 2.05. The predicted octanol–water partition coefficient (Wildman–Crippen LogP) is 3.35. The standard InChI is InChI=1S/C6H14OS.C5H10O2.C2H6/c1-3-8-5-6(2)4-7;1-5(2,3)7-4-6;1-2/h6-7H,3-5H2,1-2H3;4H,1-3H3;1-2H3. The molecule has 0 rings (SSSR count). The molecule has 0 heterocycles. The SMILES string of the molecule is CC.CC(C)(C)OC=O.CCSCC(C)CO. The van der Waals surface area contributed by atoms with E-state index in [1.165, 1.54) is 0 Å². The van der Waals surface area contributed by atoms with Gasteiger partial charge < -0.3 is 9.84 Å². The Labute approximate surface area is 111 Å². The predicted molar refractivity (Wildman–Crippen MR) is 77.5 cm³/mol. The Balaban J connectivity index is -0.000000202. The maximum absolute atomic E-state index is 9.60. The van der Waals surface area contributed by atoms with Gasteiger partial charge in [0, 0.05) is 6.61 Å². The molecule has 0 radical (unpaired) electrons. The molecular formula is C13H30O3S. The summed E-state index contributed by atoms with van der Waals surface area (Å²) in [4.78, 5) is 9.60. The van der Waals surface area contributed by atoms with Crippen LogP contribution < -0.4 is 0 Å². The molecule has 0 saturated carbocycles. The molecule has 0 aromatic heterocycles. The molecule has 0 aliphatic rings. The van der Waals surface area contributed by atoms with Gasteiger partial charge in [0.15, 0.2) is 0 Å². The van der Waals surface area contributed by atoms with E-state index in [1.54, 1.807) is 0 Å². The summed E-state index contributed by atoms with van der Waals surface area (Å²) in [5.41, 5.74) is -0.318. The van der Waals surface area contributed by atoms with Crippen LogP contribution in [0.15, 0.2) is 0 Å². The summed E-state index contributed by atoms with van der Waals surface area (Å²) < 4.78 is 4.55. The van der Waals surface area contributed by atoms with Gasteiger partial charge in [-0.15, -0.1) is 0 Å². The van der Waals surface area contributed by atoms with Crippen molar-refractivity contribution in [2.24, 2.45) is 5.92 Å². The third-order valence-electron chi connectivity index (χ3n) is 1.32. The Hall–Kier alpha value is -0.220. The van der Waals surface area contributed by atoms with E-state index in [0.717, 1.165) is 11.5 Å². The van der Waals surface area contributed by atoms with Crippen LogP contribution in [0.25, 0.3) is 0 Å². The number of carbonyl (C=O) groups excluding carboxylic acids is 1. The Kier molecular flexibility index (Phi) is 20.4. The number of rotatable bonds is 5. The molecule has 0 bridgehead atoms. The number of hydrogen-bond acceptors (Lipinski definition) is 4. The second-order valence-corrected chi connectivity index (χ2v) is 5.59. The molecule has 1 N–H and O–H groups in total. The largest absolute Gasteiger partial charge is 0.462 e. The van der Waals surface area contributed by atoms with E-state index in [9.17, 15) is 4.79 Å². The van der Waals surface area contributed by atoms with Crippen molar-refractivity contribution in [1.82, 2.24) is 0 Å². The summed E-state index contributed by atoms with van der Waals surface area (Å²) in [6.45, 7) is 14.4. The number of aliphatic hydroxyl groups is 1. The topological polar surface area (TPSA) is 46.5 Å². The molecule has 0 fully saturated rings. The zero-order chi connectivity index (χ0) is 14.3. The first-order valence-electron chi connectivity index (χ1n) is 6.17. The molecule has 0 aliphatic heterocycles. The zero-order valence-electron chi connectivity index (χ0n) is 12.4. The fourth-order valence-corrected chi connectivity index (χ4v) is 1.26. The van der Waals surface area contributed by atoms with E-state index in [2.05, 4.69) is 18.6 Å². The number of carbonyl (C=O) groups is 1. The highest BCUT2D eigenvalue weighted by Gasteiger charge is 2.07. The molecule has 4 heteroatoms. The van der Waals surface area contributed by atoms with Crippen LogP contribution >= 0.6 is 11.8 Å². The Bertz CT molecular complexity index is 144. The Morgan fingerprint density at radius 3 is 2.00 bits per heavy atom. The van der Waals surface area contributed by atoms with E-state index >= 15 is 0 Å². The molecule has 106 valence electrons. The Morgan fingerprint density at radius 1 is 1.35 bits per heavy atom. The van der Waals surface area contributed by atoms with E-state index in [-0.39, 0.29) is 5.60 Å². The van der Waals surface area contributed by atoms with E-state index < -0.39 is 0 Å². The monoisotopic (exact) mass is 266 g/mol. The molecular weight excluding hydrogens is 236 g/mol. The van der Waals surface area contributed by atoms with E-state index in [1.807, 2.05) is 46.4 Å². The van der Waals surface area contributed by atoms with Gasteiger partial charge in [-0.2, -0.15) is 11.8 Å². The lowest BCUT2D eigenvalue weighted by Gasteiger charge is -2.14. The highest BCUT2D eigenvalue weighted by atomic mass is 32.2. The summed E-state index contributed by atoms with van der Waals surface area (Å²) in [6, 6.07) is 0. The van der Waals surface area contributed by atoms with Crippen molar-refractivity contribution in [3.8, 4) is 0 Å². The van der Waals surface area contributed by atoms with Crippen molar-refractivity contribution >= 4 is 18.2 Å². The molecule has 1 atom stereocenters. The lowest BCUT2D eigenvalue weighted by Crippen LogP contribution is -2.17. The third-order valence-corrected chi connectivity index (χ3v) is 2.53. The van der Waals surface area contributed by atoms with Gasteiger partial charge in [0.2, 0.25) is 0 Å². The van der Waals surface area contributed by atoms with Crippen molar-refractivity contribution in [3.63, 3.8) is 0 Å². The Morgan fingerprint density at radius 2 is 1.82 bits per heavy atom. The summed E-state index contributed by atoms with van der Waals surface area (Å²) in [6.07, 6.45) is 0. The smallest absolute Gasteiger partial charge is 0.293 e. The van der Waals surface area contributed by atoms with Crippen LogP contribution in [-0.4, -0.2) is 35.3 Å². The van der Waals surface area contributed by atoms with Crippen LogP contribution in [-0.2, 0) is 9.53 Å². The van der Waals surface area contributed by atoms with Crippen LogP contribution in [0.5, 0.6) is 0 Å². The van der Waals surface area contributed by atoms with Gasteiger partial charge in [-0.05, 0) is 38.2 Å². The van der Waals surface area contributed by atoms with Crippen LogP contribution in [0.2, 0.25) is 0 Å². The zero-order valence-corrected chi connectivity index (χ0v) is 13.3. The minimum absolute atomic E-state index is 0.318. The molecule has 3 nitrogen and oxygen atoms in total. The molecule has 0 amide bonds. The first-order valence-corrected chi connectivity index (χ1v) is 7.32. The molecule has 0 spiro atoms. The highest BCUT2D eigenvalue weighted by molar-refractivity contribution is 7.99. The maximum atomic E-state index is 9.60. The molecule has 0 saturated heterocycles. The summed E-state index contributed by atoms with van der Waals surface area (Å²) >= 11 is 1.88. The molecule has 0 aliphatic carbocycles. The van der Waals surface area contributed by atoms with Crippen molar-refractivity contribution in [3.05, 3.63) is 0 Å². The van der Waals surface area contributed by atoms with Crippen LogP contribution in [0.4, 0.5) is 0 Å². The van der Waals surface area contributed by atoms with Gasteiger partial charge in [0.1, 0.15) is 5.60 Å². The van der Waals surface area contributed by atoms with Gasteiger partial charge in [0.05, 0.1) is 0 Å². The normalized spacial score (nSPS) is 11.3. The minimum Gasteiger partial charge on any atom is -0.462 e.